The lowest BCUT2D eigenvalue weighted by molar-refractivity contribution is 0.336. The van der Waals surface area contributed by atoms with E-state index in [4.69, 9.17) is 9.73 Å². The molecule has 1 aromatic heterocycles. The number of aliphatic imine (C=N–C) groups is 1. The highest BCUT2D eigenvalue weighted by molar-refractivity contribution is 5.79. The van der Waals surface area contributed by atoms with Crippen molar-refractivity contribution in [3.05, 3.63) is 53.7 Å². The second-order valence-corrected chi connectivity index (χ2v) is 7.16. The predicted octanol–water partition coefficient (Wildman–Crippen LogP) is 3.73. The Labute approximate surface area is 174 Å². The predicted molar refractivity (Wildman–Crippen MR) is 120 cm³/mol. The number of hydrogen-bond donors (Lipinski definition) is 2. The van der Waals surface area contributed by atoms with Crippen molar-refractivity contribution in [1.29, 1.82) is 0 Å². The van der Waals surface area contributed by atoms with Crippen LogP contribution in [0.1, 0.15) is 44.2 Å². The quantitative estimate of drug-likeness (QED) is 0.527. The molecule has 2 heterocycles. The molecule has 0 aliphatic carbocycles. The number of aromatic nitrogens is 1. The van der Waals surface area contributed by atoms with Crippen LogP contribution < -0.4 is 20.3 Å². The first-order valence-corrected chi connectivity index (χ1v) is 10.7. The summed E-state index contributed by atoms with van der Waals surface area (Å²) in [6.07, 6.45) is 5.72. The Hall–Kier alpha value is -2.76. The molecule has 0 atom stereocenters. The van der Waals surface area contributed by atoms with Gasteiger partial charge >= 0.3 is 0 Å². The van der Waals surface area contributed by atoms with Gasteiger partial charge in [-0.2, -0.15) is 0 Å². The van der Waals surface area contributed by atoms with Crippen LogP contribution in [0, 0.1) is 0 Å². The minimum absolute atomic E-state index is 0.617. The number of nitrogens with one attached hydrogen (secondary N) is 2. The van der Waals surface area contributed by atoms with Gasteiger partial charge in [0, 0.05) is 37.9 Å². The van der Waals surface area contributed by atoms with Gasteiger partial charge < -0.3 is 20.3 Å². The fraction of sp³-hybridized carbons (Fsp3) is 0.478. The lowest BCUT2D eigenvalue weighted by Crippen LogP contribution is -2.36. The molecule has 0 spiro atoms. The summed E-state index contributed by atoms with van der Waals surface area (Å²) in [7, 11) is 0. The number of guanidine groups is 1. The smallest absolute Gasteiger partial charge is 0.191 e. The maximum atomic E-state index is 5.72. The molecule has 2 N–H and O–H groups in total. The van der Waals surface area contributed by atoms with Crippen molar-refractivity contribution < 1.29 is 4.74 Å². The van der Waals surface area contributed by atoms with Crippen LogP contribution in [0.3, 0.4) is 0 Å². The molecule has 0 amide bonds. The average Bonchev–Trinajstić information content (AvgIpc) is 2.77. The van der Waals surface area contributed by atoms with Gasteiger partial charge in [-0.25, -0.2) is 9.98 Å². The second-order valence-electron chi connectivity index (χ2n) is 7.16. The average molecular weight is 396 g/mol. The molecule has 6 nitrogen and oxygen atoms in total. The maximum Gasteiger partial charge on any atom is 0.191 e. The van der Waals surface area contributed by atoms with Crippen molar-refractivity contribution in [2.75, 3.05) is 31.1 Å². The summed E-state index contributed by atoms with van der Waals surface area (Å²) < 4.78 is 5.72. The molecule has 1 fully saturated rings. The first-order valence-electron chi connectivity index (χ1n) is 10.7. The van der Waals surface area contributed by atoms with Crippen LogP contribution in [0.15, 0.2) is 47.6 Å². The van der Waals surface area contributed by atoms with E-state index in [2.05, 4.69) is 39.6 Å². The van der Waals surface area contributed by atoms with E-state index in [9.17, 15) is 0 Å². The largest absolute Gasteiger partial charge is 0.494 e. The van der Waals surface area contributed by atoms with Crippen LogP contribution in [-0.4, -0.2) is 37.2 Å². The van der Waals surface area contributed by atoms with Gasteiger partial charge in [0.25, 0.3) is 0 Å². The number of nitrogens with zero attached hydrogens (tertiary/aromatic N) is 3. The Bertz CT molecular complexity index is 786. The molecule has 1 aliphatic rings. The minimum Gasteiger partial charge on any atom is -0.494 e. The topological polar surface area (TPSA) is 61.8 Å². The summed E-state index contributed by atoms with van der Waals surface area (Å²) in [6, 6.07) is 12.3. The van der Waals surface area contributed by atoms with Crippen molar-refractivity contribution in [2.24, 2.45) is 4.99 Å². The number of pyridine rings is 1. The van der Waals surface area contributed by atoms with E-state index in [1.54, 1.807) is 0 Å². The fourth-order valence-corrected chi connectivity index (χ4v) is 3.49. The molecule has 2 aromatic rings. The number of ether oxygens (including phenoxy) is 1. The Balaban J connectivity index is 1.63. The second kappa shape index (κ2) is 11.3. The molecule has 29 heavy (non-hydrogen) atoms. The SMILES string of the molecule is CCNC(=NCc1ccnc(N2CCCCC2)c1)NCc1ccccc1OCC. The highest BCUT2D eigenvalue weighted by Gasteiger charge is 2.12. The van der Waals surface area contributed by atoms with E-state index in [-0.39, 0.29) is 0 Å². The third-order valence-corrected chi connectivity index (χ3v) is 4.97. The molecule has 0 bridgehead atoms. The molecule has 0 radical (unpaired) electrons. The van der Waals surface area contributed by atoms with Crippen molar-refractivity contribution in [3.8, 4) is 5.75 Å². The van der Waals surface area contributed by atoms with E-state index in [0.29, 0.717) is 19.7 Å². The lowest BCUT2D eigenvalue weighted by Gasteiger charge is -2.27. The number of para-hydroxylation sites is 1. The molecule has 6 heteroatoms. The van der Waals surface area contributed by atoms with Crippen LogP contribution >= 0.6 is 0 Å². The molecule has 3 rings (SSSR count). The van der Waals surface area contributed by atoms with Gasteiger partial charge in [0.2, 0.25) is 0 Å². The van der Waals surface area contributed by atoms with E-state index in [1.807, 2.05) is 37.4 Å². The summed E-state index contributed by atoms with van der Waals surface area (Å²) in [5.74, 6) is 2.79. The number of benzene rings is 1. The van der Waals surface area contributed by atoms with Gasteiger partial charge in [-0.05, 0) is 56.9 Å². The highest BCUT2D eigenvalue weighted by Crippen LogP contribution is 2.19. The van der Waals surface area contributed by atoms with Crippen LogP contribution in [0.5, 0.6) is 5.75 Å². The number of hydrogen-bond acceptors (Lipinski definition) is 4. The Morgan fingerprint density at radius 3 is 2.72 bits per heavy atom. The zero-order chi connectivity index (χ0) is 20.3. The van der Waals surface area contributed by atoms with E-state index in [0.717, 1.165) is 42.7 Å². The van der Waals surface area contributed by atoms with E-state index >= 15 is 0 Å². The van der Waals surface area contributed by atoms with Gasteiger partial charge in [-0.1, -0.05) is 18.2 Å². The third kappa shape index (κ3) is 6.38. The van der Waals surface area contributed by atoms with Crippen LogP contribution in [-0.2, 0) is 13.1 Å². The number of rotatable bonds is 8. The van der Waals surface area contributed by atoms with Crippen molar-refractivity contribution in [1.82, 2.24) is 15.6 Å². The van der Waals surface area contributed by atoms with E-state index < -0.39 is 0 Å². The number of piperidine rings is 1. The molecule has 0 unspecified atom stereocenters. The molecular weight excluding hydrogens is 362 g/mol. The zero-order valence-corrected chi connectivity index (χ0v) is 17.7. The van der Waals surface area contributed by atoms with Crippen LogP contribution in [0.4, 0.5) is 5.82 Å². The molecule has 1 saturated heterocycles. The fourth-order valence-electron chi connectivity index (χ4n) is 3.49. The molecule has 1 aliphatic heterocycles. The van der Waals surface area contributed by atoms with Crippen molar-refractivity contribution >= 4 is 11.8 Å². The Morgan fingerprint density at radius 2 is 1.93 bits per heavy atom. The summed E-state index contributed by atoms with van der Waals surface area (Å²) in [6.45, 7) is 9.03. The first kappa shape index (κ1) is 21.0. The van der Waals surface area contributed by atoms with Crippen molar-refractivity contribution in [2.45, 2.75) is 46.2 Å². The standard InChI is InChI=1S/C23H33N5O/c1-3-24-23(27-18-20-10-6-7-11-21(20)29-4-2)26-17-19-12-13-25-22(16-19)28-14-8-5-9-15-28/h6-7,10-13,16H,3-5,8-9,14-15,17-18H2,1-2H3,(H2,24,26,27). The summed E-state index contributed by atoms with van der Waals surface area (Å²) in [5, 5.41) is 6.74. The summed E-state index contributed by atoms with van der Waals surface area (Å²) in [5.41, 5.74) is 2.30. The Kier molecular flexibility index (Phi) is 8.16. The number of anilines is 1. The minimum atomic E-state index is 0.617. The highest BCUT2D eigenvalue weighted by atomic mass is 16.5. The van der Waals surface area contributed by atoms with E-state index in [1.165, 1.54) is 24.8 Å². The summed E-state index contributed by atoms with van der Waals surface area (Å²) >= 11 is 0. The maximum absolute atomic E-state index is 5.72. The lowest BCUT2D eigenvalue weighted by atomic mass is 10.1. The third-order valence-electron chi connectivity index (χ3n) is 4.97. The van der Waals surface area contributed by atoms with Gasteiger partial charge in [0.1, 0.15) is 11.6 Å². The van der Waals surface area contributed by atoms with Gasteiger partial charge in [-0.3, -0.25) is 0 Å². The molecule has 156 valence electrons. The van der Waals surface area contributed by atoms with Gasteiger partial charge in [0.05, 0.1) is 13.2 Å². The van der Waals surface area contributed by atoms with Gasteiger partial charge in [0.15, 0.2) is 5.96 Å². The van der Waals surface area contributed by atoms with Crippen molar-refractivity contribution in [3.63, 3.8) is 0 Å². The van der Waals surface area contributed by atoms with Crippen LogP contribution in [0.2, 0.25) is 0 Å². The van der Waals surface area contributed by atoms with Crippen LogP contribution in [0.25, 0.3) is 0 Å². The normalized spacial score (nSPS) is 14.6. The monoisotopic (exact) mass is 395 g/mol. The molecular formula is C23H33N5O. The summed E-state index contributed by atoms with van der Waals surface area (Å²) in [4.78, 5) is 11.7. The Morgan fingerprint density at radius 1 is 1.10 bits per heavy atom. The molecule has 0 saturated carbocycles. The zero-order valence-electron chi connectivity index (χ0n) is 17.7. The molecule has 1 aromatic carbocycles. The van der Waals surface area contributed by atoms with Gasteiger partial charge in [-0.15, -0.1) is 0 Å². The first-order chi connectivity index (χ1) is 14.3.